The number of aromatic hydroxyl groups is 2. The van der Waals surface area contributed by atoms with Crippen LogP contribution in [0.15, 0.2) is 46.1 Å². The van der Waals surface area contributed by atoms with Crippen LogP contribution in [-0.2, 0) is 26.3 Å². The SMILES string of the molecule is CC(=O)c1c(O)c(C)c(O)c2c1OC1=CC(=O)C(=C(C)NCCC(=O)N3CC4CC(C3)c3cccc(=O)n3C4)C(=O)C12C. The lowest BCUT2D eigenvalue weighted by Gasteiger charge is -2.42. The molecule has 1 saturated heterocycles. The molecule has 3 unspecified atom stereocenters. The normalized spacial score (nSPS) is 24.8. The average Bonchev–Trinajstić information content (AvgIpc) is 3.24. The number of nitrogens with zero attached hydrogens (tertiary/aromatic N) is 2. The molecule has 0 saturated carbocycles. The number of rotatable bonds is 5. The summed E-state index contributed by atoms with van der Waals surface area (Å²) >= 11 is 0. The van der Waals surface area contributed by atoms with Gasteiger partial charge in [0.25, 0.3) is 5.56 Å². The van der Waals surface area contributed by atoms with Crippen molar-refractivity contribution in [1.82, 2.24) is 14.8 Å². The number of benzene rings is 1. The highest BCUT2D eigenvalue weighted by molar-refractivity contribution is 6.31. The second-order valence-corrected chi connectivity index (χ2v) is 12.1. The standard InChI is InChI=1S/C32H33N3O8/c1-15-28(40)26(17(3)36)30-27(29(15)41)32(4)22(43-30)11-21(37)25(31(32)42)16(2)33-9-8-23(38)34-12-18-10-19(14-34)20-6-5-7-24(39)35(20)13-18/h5-7,11,18-19,33,40-41H,8-10,12-14H2,1-4H3. The Balaban J connectivity index is 1.20. The summed E-state index contributed by atoms with van der Waals surface area (Å²) in [6, 6.07) is 5.27. The summed E-state index contributed by atoms with van der Waals surface area (Å²) in [5, 5.41) is 24.6. The van der Waals surface area contributed by atoms with Crippen molar-refractivity contribution in [2.45, 2.75) is 58.4 Å². The van der Waals surface area contributed by atoms with Crippen molar-refractivity contribution in [2.75, 3.05) is 19.6 Å². The molecule has 11 nitrogen and oxygen atoms in total. The molecule has 2 bridgehead atoms. The smallest absolute Gasteiger partial charge is 0.250 e. The number of ketones is 3. The minimum Gasteiger partial charge on any atom is -0.507 e. The Bertz CT molecular complexity index is 1770. The quantitative estimate of drug-likeness (QED) is 0.272. The van der Waals surface area contributed by atoms with E-state index in [2.05, 4.69) is 5.32 Å². The zero-order valence-electron chi connectivity index (χ0n) is 24.4. The highest BCUT2D eigenvalue weighted by atomic mass is 16.5. The Labute approximate surface area is 247 Å². The number of phenols is 2. The van der Waals surface area contributed by atoms with Gasteiger partial charge in [0.2, 0.25) is 5.91 Å². The molecule has 0 spiro atoms. The van der Waals surface area contributed by atoms with Gasteiger partial charge in [0, 0.05) is 67.6 Å². The third kappa shape index (κ3) is 4.20. The van der Waals surface area contributed by atoms with Crippen LogP contribution in [0, 0.1) is 12.8 Å². The summed E-state index contributed by atoms with van der Waals surface area (Å²) in [6.45, 7) is 7.62. The van der Waals surface area contributed by atoms with Crippen molar-refractivity contribution in [1.29, 1.82) is 0 Å². The van der Waals surface area contributed by atoms with E-state index in [1.165, 1.54) is 26.8 Å². The number of hydrogen-bond donors (Lipinski definition) is 3. The van der Waals surface area contributed by atoms with Gasteiger partial charge in [0.1, 0.15) is 34.0 Å². The van der Waals surface area contributed by atoms with Crippen LogP contribution < -0.4 is 15.6 Å². The van der Waals surface area contributed by atoms with Crippen LogP contribution in [0.2, 0.25) is 0 Å². The van der Waals surface area contributed by atoms with E-state index in [0.717, 1.165) is 12.1 Å². The largest absolute Gasteiger partial charge is 0.507 e. The van der Waals surface area contributed by atoms with E-state index in [4.69, 9.17) is 4.74 Å². The predicted octanol–water partition coefficient (Wildman–Crippen LogP) is 2.36. The molecule has 6 rings (SSSR count). The summed E-state index contributed by atoms with van der Waals surface area (Å²) in [5.74, 6) is -2.52. The number of carbonyl (C=O) groups is 4. The van der Waals surface area contributed by atoms with Crippen LogP contribution in [-0.4, -0.2) is 62.6 Å². The van der Waals surface area contributed by atoms with Gasteiger partial charge in [-0.25, -0.2) is 0 Å². The van der Waals surface area contributed by atoms with Crippen molar-refractivity contribution < 1.29 is 34.1 Å². The Morgan fingerprint density at radius 2 is 1.84 bits per heavy atom. The fraction of sp³-hybridized carbons (Fsp3) is 0.406. The number of fused-ring (bicyclic) bond motifs is 7. The molecule has 3 atom stereocenters. The lowest BCUT2D eigenvalue weighted by atomic mass is 9.70. The molecule has 1 aromatic heterocycles. The molecule has 43 heavy (non-hydrogen) atoms. The summed E-state index contributed by atoms with van der Waals surface area (Å²) < 4.78 is 7.61. The van der Waals surface area contributed by atoms with Crippen molar-refractivity contribution in [3.05, 3.63) is 74.0 Å². The number of nitrogens with one attached hydrogen (secondary N) is 1. The van der Waals surface area contributed by atoms with Gasteiger partial charge >= 0.3 is 0 Å². The topological polar surface area (TPSA) is 155 Å². The van der Waals surface area contributed by atoms with Gasteiger partial charge in [-0.1, -0.05) is 6.07 Å². The molecule has 1 fully saturated rings. The molecule has 224 valence electrons. The highest BCUT2D eigenvalue weighted by Crippen LogP contribution is 2.57. The molecule has 3 N–H and O–H groups in total. The summed E-state index contributed by atoms with van der Waals surface area (Å²) in [5.41, 5.74) is -0.644. The lowest BCUT2D eigenvalue weighted by molar-refractivity contribution is -0.133. The average molecular weight is 588 g/mol. The number of allylic oxidation sites excluding steroid dienone is 4. The van der Waals surface area contributed by atoms with Gasteiger partial charge in [0.15, 0.2) is 17.3 Å². The van der Waals surface area contributed by atoms with Crippen LogP contribution >= 0.6 is 0 Å². The maximum atomic E-state index is 14.0. The summed E-state index contributed by atoms with van der Waals surface area (Å²) in [4.78, 5) is 66.8. The molecule has 3 aliphatic heterocycles. The molecular formula is C32H33N3O8. The first-order valence-corrected chi connectivity index (χ1v) is 14.4. The third-order valence-electron chi connectivity index (χ3n) is 9.32. The Hall–Kier alpha value is -4.67. The molecule has 0 radical (unpaired) electrons. The minimum absolute atomic E-state index is 0.0160. The van der Waals surface area contributed by atoms with Crippen molar-refractivity contribution in [3.63, 3.8) is 0 Å². The number of likely N-dealkylation sites (tertiary alicyclic amines) is 1. The van der Waals surface area contributed by atoms with Gasteiger partial charge in [0.05, 0.1) is 11.1 Å². The number of Topliss-reactive ketones (excluding diaryl/α,β-unsaturated/α-hetero) is 2. The van der Waals surface area contributed by atoms with Crippen LogP contribution in [0.1, 0.15) is 66.7 Å². The van der Waals surface area contributed by atoms with E-state index >= 15 is 0 Å². The number of carbonyl (C=O) groups excluding carboxylic acids is 4. The van der Waals surface area contributed by atoms with Crippen molar-refractivity contribution >= 4 is 23.3 Å². The number of piperidine rings is 1. The number of ether oxygens (including phenoxy) is 1. The van der Waals surface area contributed by atoms with Gasteiger partial charge in [-0.2, -0.15) is 0 Å². The number of amides is 1. The second-order valence-electron chi connectivity index (χ2n) is 12.1. The van der Waals surface area contributed by atoms with Crippen LogP contribution in [0.5, 0.6) is 17.2 Å². The summed E-state index contributed by atoms with van der Waals surface area (Å²) in [7, 11) is 0. The minimum atomic E-state index is -1.60. The Kier molecular flexibility index (Phi) is 6.59. The second kappa shape index (κ2) is 9.96. The molecule has 4 aliphatic rings. The zero-order valence-corrected chi connectivity index (χ0v) is 24.4. The number of hydrogen-bond acceptors (Lipinski definition) is 9. The van der Waals surface area contributed by atoms with Gasteiger partial charge in [-0.15, -0.1) is 0 Å². The molecule has 4 heterocycles. The van der Waals surface area contributed by atoms with E-state index < -0.39 is 28.5 Å². The Morgan fingerprint density at radius 3 is 2.56 bits per heavy atom. The van der Waals surface area contributed by atoms with E-state index in [-0.39, 0.29) is 81.5 Å². The number of pyridine rings is 1. The fourth-order valence-corrected chi connectivity index (χ4v) is 7.07. The molecule has 2 aromatic rings. The number of aromatic nitrogens is 1. The van der Waals surface area contributed by atoms with E-state index in [0.29, 0.717) is 19.6 Å². The van der Waals surface area contributed by atoms with Crippen LogP contribution in [0.4, 0.5) is 0 Å². The fourth-order valence-electron chi connectivity index (χ4n) is 7.07. The lowest BCUT2D eigenvalue weighted by Crippen LogP contribution is -2.49. The Morgan fingerprint density at radius 1 is 1.09 bits per heavy atom. The third-order valence-corrected chi connectivity index (χ3v) is 9.32. The van der Waals surface area contributed by atoms with Gasteiger partial charge in [-0.3, -0.25) is 24.0 Å². The molecule has 11 heteroatoms. The van der Waals surface area contributed by atoms with E-state index in [9.17, 15) is 34.2 Å². The molecule has 1 aromatic carbocycles. The van der Waals surface area contributed by atoms with E-state index in [1.54, 1.807) is 19.1 Å². The zero-order chi connectivity index (χ0) is 31.0. The molecule has 1 aliphatic carbocycles. The maximum Gasteiger partial charge on any atom is 0.250 e. The maximum absolute atomic E-state index is 14.0. The van der Waals surface area contributed by atoms with Crippen molar-refractivity contribution in [3.8, 4) is 17.2 Å². The van der Waals surface area contributed by atoms with Gasteiger partial charge < -0.3 is 29.7 Å². The monoisotopic (exact) mass is 587 g/mol. The van der Waals surface area contributed by atoms with E-state index in [1.807, 2.05) is 15.5 Å². The van der Waals surface area contributed by atoms with Gasteiger partial charge in [-0.05, 0) is 46.1 Å². The molecule has 1 amide bonds. The molecular weight excluding hydrogens is 554 g/mol. The van der Waals surface area contributed by atoms with Crippen molar-refractivity contribution in [2.24, 2.45) is 5.92 Å². The first-order valence-electron chi connectivity index (χ1n) is 14.4. The first-order chi connectivity index (χ1) is 20.3. The number of phenolic OH excluding ortho intramolecular Hbond substituents is 2. The predicted molar refractivity (Wildman–Crippen MR) is 154 cm³/mol. The van der Waals surface area contributed by atoms with Crippen LogP contribution in [0.25, 0.3) is 0 Å². The first kappa shape index (κ1) is 28.4. The summed E-state index contributed by atoms with van der Waals surface area (Å²) in [6.07, 6.45) is 2.24. The highest BCUT2D eigenvalue weighted by Gasteiger charge is 2.56. The van der Waals surface area contributed by atoms with Crippen LogP contribution in [0.3, 0.4) is 0 Å².